The first kappa shape index (κ1) is 13.3. The zero-order valence-corrected chi connectivity index (χ0v) is 11.8. The van der Waals surface area contributed by atoms with Crippen molar-refractivity contribution in [3.8, 4) is 0 Å². The molecule has 0 aromatic carbocycles. The average Bonchev–Trinajstić information content (AvgIpc) is 2.39. The molecule has 18 heavy (non-hydrogen) atoms. The van der Waals surface area contributed by atoms with E-state index in [0.29, 0.717) is 6.04 Å². The number of anilines is 1. The molecule has 0 spiro atoms. The van der Waals surface area contributed by atoms with Gasteiger partial charge in [0.15, 0.2) is 0 Å². The maximum absolute atomic E-state index is 4.41. The third-order valence-electron chi connectivity index (χ3n) is 3.58. The highest BCUT2D eigenvalue weighted by Gasteiger charge is 2.19. The van der Waals surface area contributed by atoms with Crippen LogP contribution in [0.1, 0.15) is 32.9 Å². The molecule has 0 amide bonds. The van der Waals surface area contributed by atoms with Crippen molar-refractivity contribution < 1.29 is 0 Å². The van der Waals surface area contributed by atoms with Gasteiger partial charge in [-0.05, 0) is 20.3 Å². The largest absolute Gasteiger partial charge is 0.354 e. The van der Waals surface area contributed by atoms with Crippen molar-refractivity contribution >= 4 is 5.82 Å². The molecule has 4 heteroatoms. The Balaban J connectivity index is 1.98. The number of nitrogens with zero attached hydrogens (tertiary/aromatic N) is 4. The number of piperazine rings is 1. The molecule has 1 aromatic rings. The van der Waals surface area contributed by atoms with Crippen LogP contribution in [0.15, 0.2) is 12.4 Å². The maximum Gasteiger partial charge on any atom is 0.132 e. The molecule has 0 bridgehead atoms. The van der Waals surface area contributed by atoms with Crippen LogP contribution in [-0.4, -0.2) is 47.1 Å². The van der Waals surface area contributed by atoms with E-state index in [1.54, 1.807) is 6.33 Å². The Morgan fingerprint density at radius 3 is 2.50 bits per heavy atom. The highest BCUT2D eigenvalue weighted by Crippen LogP contribution is 2.15. The number of hydrogen-bond donors (Lipinski definition) is 0. The van der Waals surface area contributed by atoms with Crippen molar-refractivity contribution in [3.05, 3.63) is 18.1 Å². The molecule has 0 N–H and O–H groups in total. The molecular formula is C14H24N4. The number of aryl methyl sites for hydroxylation is 1. The first-order chi connectivity index (χ1) is 8.70. The summed E-state index contributed by atoms with van der Waals surface area (Å²) in [5.74, 6) is 1.09. The first-order valence-corrected chi connectivity index (χ1v) is 7.00. The minimum atomic E-state index is 0.646. The highest BCUT2D eigenvalue weighted by molar-refractivity contribution is 5.39. The van der Waals surface area contributed by atoms with Crippen LogP contribution >= 0.6 is 0 Å². The Labute approximate surface area is 110 Å². The summed E-state index contributed by atoms with van der Waals surface area (Å²) in [4.78, 5) is 13.6. The van der Waals surface area contributed by atoms with E-state index in [4.69, 9.17) is 0 Å². The van der Waals surface area contributed by atoms with Crippen molar-refractivity contribution in [2.75, 3.05) is 31.1 Å². The summed E-state index contributed by atoms with van der Waals surface area (Å²) >= 11 is 0. The fourth-order valence-electron chi connectivity index (χ4n) is 2.42. The predicted molar refractivity (Wildman–Crippen MR) is 74.9 cm³/mol. The molecule has 1 fully saturated rings. The van der Waals surface area contributed by atoms with Gasteiger partial charge >= 0.3 is 0 Å². The molecule has 0 unspecified atom stereocenters. The summed E-state index contributed by atoms with van der Waals surface area (Å²) in [6, 6.07) is 2.79. The third-order valence-corrected chi connectivity index (χ3v) is 3.58. The topological polar surface area (TPSA) is 32.3 Å². The van der Waals surface area contributed by atoms with Crippen LogP contribution in [0.5, 0.6) is 0 Å². The van der Waals surface area contributed by atoms with Crippen molar-refractivity contribution in [2.45, 2.75) is 39.7 Å². The standard InChI is InChI=1S/C14H24N4/c1-4-5-13-10-14(16-11-15-13)18-8-6-17(7-9-18)12(2)3/h10-12H,4-9H2,1-3H3. The van der Waals surface area contributed by atoms with E-state index in [9.17, 15) is 0 Å². The van der Waals surface area contributed by atoms with Gasteiger partial charge in [-0.3, -0.25) is 4.90 Å². The Morgan fingerprint density at radius 1 is 1.17 bits per heavy atom. The van der Waals surface area contributed by atoms with Crippen LogP contribution in [0.2, 0.25) is 0 Å². The van der Waals surface area contributed by atoms with Gasteiger partial charge in [-0.2, -0.15) is 0 Å². The van der Waals surface area contributed by atoms with E-state index < -0.39 is 0 Å². The van der Waals surface area contributed by atoms with Crippen LogP contribution in [0, 0.1) is 0 Å². The van der Waals surface area contributed by atoms with Gasteiger partial charge in [0.05, 0.1) is 0 Å². The van der Waals surface area contributed by atoms with Gasteiger partial charge in [-0.1, -0.05) is 13.3 Å². The fraction of sp³-hybridized carbons (Fsp3) is 0.714. The average molecular weight is 248 g/mol. The molecule has 0 radical (unpaired) electrons. The minimum Gasteiger partial charge on any atom is -0.354 e. The lowest BCUT2D eigenvalue weighted by atomic mass is 10.2. The molecule has 4 nitrogen and oxygen atoms in total. The molecule has 0 saturated carbocycles. The molecule has 0 atom stereocenters. The second-order valence-electron chi connectivity index (χ2n) is 5.23. The number of hydrogen-bond acceptors (Lipinski definition) is 4. The second kappa shape index (κ2) is 6.14. The van der Waals surface area contributed by atoms with Gasteiger partial charge in [0.1, 0.15) is 12.1 Å². The summed E-state index contributed by atoms with van der Waals surface area (Å²) in [7, 11) is 0. The van der Waals surface area contributed by atoms with Crippen LogP contribution in [0.25, 0.3) is 0 Å². The van der Waals surface area contributed by atoms with E-state index >= 15 is 0 Å². The molecule has 0 aliphatic carbocycles. The van der Waals surface area contributed by atoms with E-state index in [1.165, 1.54) is 0 Å². The summed E-state index contributed by atoms with van der Waals surface area (Å²) < 4.78 is 0. The Kier molecular flexibility index (Phi) is 4.53. The number of aromatic nitrogens is 2. The fourth-order valence-corrected chi connectivity index (χ4v) is 2.42. The Bertz CT molecular complexity index is 370. The summed E-state index contributed by atoms with van der Waals surface area (Å²) in [6.07, 6.45) is 3.88. The predicted octanol–water partition coefficient (Wildman–Crippen LogP) is 1.96. The summed E-state index contributed by atoms with van der Waals surface area (Å²) in [6.45, 7) is 11.1. The van der Waals surface area contributed by atoms with Crippen molar-refractivity contribution in [1.29, 1.82) is 0 Å². The van der Waals surface area contributed by atoms with Crippen LogP contribution in [0.4, 0.5) is 5.82 Å². The van der Waals surface area contributed by atoms with Gasteiger partial charge in [0.2, 0.25) is 0 Å². The van der Waals surface area contributed by atoms with E-state index in [0.717, 1.165) is 50.5 Å². The zero-order chi connectivity index (χ0) is 13.0. The Hall–Kier alpha value is -1.16. The lowest BCUT2D eigenvalue weighted by molar-refractivity contribution is 0.209. The van der Waals surface area contributed by atoms with Gasteiger partial charge < -0.3 is 4.90 Å². The first-order valence-electron chi connectivity index (χ1n) is 7.00. The monoisotopic (exact) mass is 248 g/mol. The SMILES string of the molecule is CCCc1cc(N2CCN(C(C)C)CC2)ncn1. The lowest BCUT2D eigenvalue weighted by Gasteiger charge is -2.37. The van der Waals surface area contributed by atoms with Gasteiger partial charge in [-0.15, -0.1) is 0 Å². The molecule has 100 valence electrons. The molecule has 1 aliphatic heterocycles. The Morgan fingerprint density at radius 2 is 1.89 bits per heavy atom. The van der Waals surface area contributed by atoms with Crippen molar-refractivity contribution in [1.82, 2.24) is 14.9 Å². The highest BCUT2D eigenvalue weighted by atomic mass is 15.3. The zero-order valence-electron chi connectivity index (χ0n) is 11.8. The van der Waals surface area contributed by atoms with Gasteiger partial charge in [0, 0.05) is 44.0 Å². The van der Waals surface area contributed by atoms with Crippen LogP contribution < -0.4 is 4.90 Å². The smallest absolute Gasteiger partial charge is 0.132 e. The normalized spacial score (nSPS) is 17.4. The molecule has 1 aromatic heterocycles. The van der Waals surface area contributed by atoms with E-state index in [1.807, 2.05) is 0 Å². The summed E-state index contributed by atoms with van der Waals surface area (Å²) in [5.41, 5.74) is 1.16. The van der Waals surface area contributed by atoms with E-state index in [2.05, 4.69) is 46.6 Å². The van der Waals surface area contributed by atoms with Gasteiger partial charge in [-0.25, -0.2) is 9.97 Å². The summed E-state index contributed by atoms with van der Waals surface area (Å²) in [5, 5.41) is 0. The molecule has 2 rings (SSSR count). The molecule has 1 aliphatic rings. The quantitative estimate of drug-likeness (QED) is 0.815. The third kappa shape index (κ3) is 3.19. The number of rotatable bonds is 4. The van der Waals surface area contributed by atoms with E-state index in [-0.39, 0.29) is 0 Å². The minimum absolute atomic E-state index is 0.646. The molecule has 1 saturated heterocycles. The van der Waals surface area contributed by atoms with Crippen molar-refractivity contribution in [3.63, 3.8) is 0 Å². The molecular weight excluding hydrogens is 224 g/mol. The second-order valence-corrected chi connectivity index (χ2v) is 5.23. The maximum atomic E-state index is 4.41. The van der Waals surface area contributed by atoms with Gasteiger partial charge in [0.25, 0.3) is 0 Å². The molecule has 2 heterocycles. The van der Waals surface area contributed by atoms with Crippen LogP contribution in [-0.2, 0) is 6.42 Å². The van der Waals surface area contributed by atoms with Crippen LogP contribution in [0.3, 0.4) is 0 Å². The lowest BCUT2D eigenvalue weighted by Crippen LogP contribution is -2.49. The van der Waals surface area contributed by atoms with Crippen molar-refractivity contribution in [2.24, 2.45) is 0 Å².